The van der Waals surface area contributed by atoms with Crippen molar-refractivity contribution in [1.82, 2.24) is 15.1 Å². The number of rotatable bonds is 7. The first-order valence-corrected chi connectivity index (χ1v) is 7.60. The van der Waals surface area contributed by atoms with E-state index in [9.17, 15) is 19.8 Å². The molecule has 1 aromatic rings. The van der Waals surface area contributed by atoms with Gasteiger partial charge in [-0.15, -0.1) is 0 Å². The van der Waals surface area contributed by atoms with Crippen LogP contribution in [0.5, 0.6) is 0 Å². The Morgan fingerprint density at radius 1 is 1.35 bits per heavy atom. The van der Waals surface area contributed by atoms with E-state index in [2.05, 4.69) is 5.32 Å². The monoisotopic (exact) mass is 321 g/mol. The third-order valence-electron chi connectivity index (χ3n) is 3.88. The summed E-state index contributed by atoms with van der Waals surface area (Å²) in [5.41, 5.74) is -1.54. The van der Waals surface area contributed by atoms with Crippen molar-refractivity contribution >= 4 is 11.8 Å². The van der Waals surface area contributed by atoms with Crippen LogP contribution < -0.4 is 5.32 Å². The summed E-state index contributed by atoms with van der Waals surface area (Å²) in [4.78, 5) is 28.0. The second kappa shape index (κ2) is 7.08. The van der Waals surface area contributed by atoms with Crippen molar-refractivity contribution in [2.75, 3.05) is 40.3 Å². The van der Waals surface area contributed by atoms with Gasteiger partial charge >= 0.3 is 0 Å². The lowest BCUT2D eigenvalue weighted by atomic mass is 10.0. The highest BCUT2D eigenvalue weighted by atomic mass is 16.3. The number of amides is 2. The lowest BCUT2D eigenvalue weighted by Gasteiger charge is -2.32. The Kier molecular flexibility index (Phi) is 5.35. The van der Waals surface area contributed by atoms with Crippen LogP contribution >= 0.6 is 0 Å². The Morgan fingerprint density at radius 2 is 2.04 bits per heavy atom. The van der Waals surface area contributed by atoms with Gasteiger partial charge in [0.1, 0.15) is 0 Å². The maximum atomic E-state index is 12.6. The van der Waals surface area contributed by atoms with Crippen LogP contribution in [0.15, 0.2) is 24.3 Å². The number of fused-ring (bicyclic) bond motifs is 1. The summed E-state index contributed by atoms with van der Waals surface area (Å²) in [7, 11) is 3.87. The molecule has 23 heavy (non-hydrogen) atoms. The average molecular weight is 321 g/mol. The molecule has 0 saturated heterocycles. The van der Waals surface area contributed by atoms with Gasteiger partial charge in [-0.1, -0.05) is 18.2 Å². The van der Waals surface area contributed by atoms with Gasteiger partial charge in [-0.2, -0.15) is 0 Å². The summed E-state index contributed by atoms with van der Waals surface area (Å²) in [5.74, 6) is -1.11. The van der Waals surface area contributed by atoms with E-state index >= 15 is 0 Å². The van der Waals surface area contributed by atoms with Gasteiger partial charge < -0.3 is 20.4 Å². The smallest absolute Gasteiger partial charge is 0.278 e. The van der Waals surface area contributed by atoms with E-state index in [0.29, 0.717) is 6.54 Å². The molecule has 0 saturated carbocycles. The highest BCUT2D eigenvalue weighted by molar-refractivity contribution is 6.06. The molecule has 1 aromatic carbocycles. The van der Waals surface area contributed by atoms with E-state index < -0.39 is 17.5 Å². The average Bonchev–Trinajstić information content (AvgIpc) is 2.75. The van der Waals surface area contributed by atoms with E-state index in [0.717, 1.165) is 17.9 Å². The maximum absolute atomic E-state index is 12.6. The molecule has 7 nitrogen and oxygen atoms in total. The molecule has 7 heteroatoms. The molecule has 0 bridgehead atoms. The van der Waals surface area contributed by atoms with Crippen LogP contribution in [0.2, 0.25) is 0 Å². The Hall–Kier alpha value is -1.96. The minimum absolute atomic E-state index is 0.116. The molecule has 1 heterocycles. The molecule has 1 unspecified atom stereocenters. The third-order valence-corrected chi connectivity index (χ3v) is 3.88. The first kappa shape index (κ1) is 17.4. The largest absolute Gasteiger partial charge is 0.395 e. The zero-order chi connectivity index (χ0) is 17.0. The van der Waals surface area contributed by atoms with Crippen molar-refractivity contribution in [3.63, 3.8) is 0 Å². The third kappa shape index (κ3) is 3.21. The summed E-state index contributed by atoms with van der Waals surface area (Å²) in [6.07, 6.45) is 0.727. The van der Waals surface area contributed by atoms with Crippen LogP contribution in [-0.4, -0.2) is 72.2 Å². The molecule has 2 rings (SSSR count). The minimum Gasteiger partial charge on any atom is -0.395 e. The first-order valence-electron chi connectivity index (χ1n) is 7.60. The zero-order valence-electron chi connectivity index (χ0n) is 13.5. The van der Waals surface area contributed by atoms with Crippen molar-refractivity contribution in [1.29, 1.82) is 0 Å². The van der Waals surface area contributed by atoms with Gasteiger partial charge in [-0.05, 0) is 33.1 Å². The number of aliphatic hydroxyl groups excluding tert-OH is 1. The molecule has 0 radical (unpaired) electrons. The number of carbonyl (C=O) groups is 2. The Morgan fingerprint density at radius 3 is 2.70 bits per heavy atom. The topological polar surface area (TPSA) is 93.1 Å². The molecule has 1 atom stereocenters. The van der Waals surface area contributed by atoms with E-state index in [1.165, 1.54) is 0 Å². The Balaban J connectivity index is 2.21. The predicted octanol–water partition coefficient (Wildman–Crippen LogP) is -0.652. The first-order chi connectivity index (χ1) is 10.9. The van der Waals surface area contributed by atoms with E-state index in [1.54, 1.807) is 24.3 Å². The molecule has 3 N–H and O–H groups in total. The molecule has 0 aliphatic carbocycles. The fourth-order valence-corrected chi connectivity index (χ4v) is 2.74. The molecule has 0 aromatic heterocycles. The molecular formula is C16H23N3O4. The number of hydrogen-bond donors (Lipinski definition) is 3. The summed E-state index contributed by atoms with van der Waals surface area (Å²) in [6.45, 7) is 0.738. The highest BCUT2D eigenvalue weighted by Gasteiger charge is 2.53. The number of β-amino-alcohol motifs (C(OH)–C–C–N with tert-alkyl or cyclic N) is 1. The van der Waals surface area contributed by atoms with Crippen LogP contribution in [0, 0.1) is 0 Å². The van der Waals surface area contributed by atoms with Crippen molar-refractivity contribution in [2.45, 2.75) is 12.1 Å². The van der Waals surface area contributed by atoms with E-state index in [4.69, 9.17) is 0 Å². The van der Waals surface area contributed by atoms with Crippen LogP contribution in [0.25, 0.3) is 0 Å². The predicted molar refractivity (Wildman–Crippen MR) is 84.6 cm³/mol. The second-order valence-electron chi connectivity index (χ2n) is 5.81. The quantitative estimate of drug-likeness (QED) is 0.580. The van der Waals surface area contributed by atoms with Gasteiger partial charge in [0, 0.05) is 24.2 Å². The fourth-order valence-electron chi connectivity index (χ4n) is 2.74. The number of hydrogen-bond acceptors (Lipinski definition) is 5. The number of nitrogens with zero attached hydrogens (tertiary/aromatic N) is 2. The number of carbonyl (C=O) groups excluding carboxylic acids is 2. The Bertz CT molecular complexity index is 590. The zero-order valence-corrected chi connectivity index (χ0v) is 13.5. The summed E-state index contributed by atoms with van der Waals surface area (Å²) in [6, 6.07) is 6.47. The maximum Gasteiger partial charge on any atom is 0.278 e. The molecule has 0 spiro atoms. The number of aliphatic hydroxyl groups is 2. The number of nitrogens with one attached hydrogen (secondary N) is 1. The van der Waals surface area contributed by atoms with Crippen LogP contribution in [0.3, 0.4) is 0 Å². The van der Waals surface area contributed by atoms with Gasteiger partial charge in [-0.3, -0.25) is 14.5 Å². The standard InChI is InChI=1S/C16H23N3O4/c1-18(2)9-5-8-17-15(22)16(23)13-7-4-3-6-12(13)14(21)19(16)10-11-20/h3-4,6-7,20,23H,5,8-11H2,1-2H3,(H,17,22). The lowest BCUT2D eigenvalue weighted by molar-refractivity contribution is -0.159. The molecule has 1 aliphatic rings. The number of benzene rings is 1. The lowest BCUT2D eigenvalue weighted by Crippen LogP contribution is -2.55. The molecule has 2 amide bonds. The van der Waals surface area contributed by atoms with Crippen molar-refractivity contribution < 1.29 is 19.8 Å². The molecular weight excluding hydrogens is 298 g/mol. The van der Waals surface area contributed by atoms with Gasteiger partial charge in [0.2, 0.25) is 5.72 Å². The normalized spacial score (nSPS) is 20.0. The minimum atomic E-state index is -2.07. The Labute approximate surface area is 135 Å². The van der Waals surface area contributed by atoms with Crippen molar-refractivity contribution in [3.05, 3.63) is 35.4 Å². The fraction of sp³-hybridized carbons (Fsp3) is 0.500. The van der Waals surface area contributed by atoms with Crippen LogP contribution in [-0.2, 0) is 10.5 Å². The van der Waals surface area contributed by atoms with Crippen LogP contribution in [0.1, 0.15) is 22.3 Å². The molecule has 1 aliphatic heterocycles. The summed E-state index contributed by atoms with van der Waals surface area (Å²) in [5, 5.41) is 22.8. The van der Waals surface area contributed by atoms with Gasteiger partial charge in [0.25, 0.3) is 11.8 Å². The van der Waals surface area contributed by atoms with E-state index in [1.807, 2.05) is 19.0 Å². The molecule has 0 fully saturated rings. The second-order valence-corrected chi connectivity index (χ2v) is 5.81. The van der Waals surface area contributed by atoms with E-state index in [-0.39, 0.29) is 24.3 Å². The summed E-state index contributed by atoms with van der Waals surface area (Å²) >= 11 is 0. The van der Waals surface area contributed by atoms with Crippen molar-refractivity contribution in [2.24, 2.45) is 0 Å². The van der Waals surface area contributed by atoms with Gasteiger partial charge in [0.05, 0.1) is 6.61 Å². The highest BCUT2D eigenvalue weighted by Crippen LogP contribution is 2.37. The van der Waals surface area contributed by atoms with Crippen molar-refractivity contribution in [3.8, 4) is 0 Å². The SMILES string of the molecule is CN(C)CCCNC(=O)C1(O)c2ccccc2C(=O)N1CCO. The molecule has 126 valence electrons. The van der Waals surface area contributed by atoms with Gasteiger partial charge in [-0.25, -0.2) is 0 Å². The van der Waals surface area contributed by atoms with Crippen LogP contribution in [0.4, 0.5) is 0 Å². The van der Waals surface area contributed by atoms with Gasteiger partial charge in [0.15, 0.2) is 0 Å². The summed E-state index contributed by atoms with van der Waals surface area (Å²) < 4.78 is 0.